The van der Waals surface area contributed by atoms with Crippen LogP contribution in [0.4, 0.5) is 0 Å². The molecule has 2 aliphatic heterocycles. The molecular weight excluding hydrogens is 468 g/mol. The molecule has 0 spiro atoms. The van der Waals surface area contributed by atoms with E-state index in [1.54, 1.807) is 0 Å². The second-order valence-electron chi connectivity index (χ2n) is 9.46. The number of phenols is 1. The number of aliphatic hydroxyl groups excluding tert-OH is 1. The Morgan fingerprint density at radius 2 is 1.81 bits per heavy atom. The Hall–Kier alpha value is -3.35. The molecule has 3 aromatic carbocycles. The fourth-order valence-corrected chi connectivity index (χ4v) is 5.09. The van der Waals surface area contributed by atoms with Crippen LogP contribution in [-0.2, 0) is 29.0 Å². The van der Waals surface area contributed by atoms with Gasteiger partial charge in [0.05, 0.1) is 6.61 Å². The van der Waals surface area contributed by atoms with Crippen LogP contribution < -0.4 is 9.47 Å². The zero-order valence-electron chi connectivity index (χ0n) is 21.7. The maximum absolute atomic E-state index is 10.8. The second kappa shape index (κ2) is 12.7. The Morgan fingerprint density at radius 1 is 1.03 bits per heavy atom. The quantitative estimate of drug-likeness (QED) is 0.430. The summed E-state index contributed by atoms with van der Waals surface area (Å²) in [6.07, 6.45) is 5.95. The van der Waals surface area contributed by atoms with Gasteiger partial charge in [0.2, 0.25) is 0 Å². The molecule has 1 aliphatic carbocycles. The highest BCUT2D eigenvalue weighted by atomic mass is 16.5. The number of hydrogen-bond donors (Lipinski definition) is 2. The summed E-state index contributed by atoms with van der Waals surface area (Å²) in [5.74, 6) is 2.14. The van der Waals surface area contributed by atoms with Crippen molar-refractivity contribution in [1.29, 1.82) is 0 Å². The normalized spacial score (nSPS) is 16.6. The highest BCUT2D eigenvalue weighted by Gasteiger charge is 2.25. The lowest BCUT2D eigenvalue weighted by Crippen LogP contribution is -2.11. The van der Waals surface area contributed by atoms with E-state index in [1.165, 1.54) is 29.5 Å². The molecule has 0 radical (unpaired) electrons. The van der Waals surface area contributed by atoms with Gasteiger partial charge in [-0.2, -0.15) is 0 Å². The molecule has 2 N–H and O–H groups in total. The number of aromatic hydroxyl groups is 1. The summed E-state index contributed by atoms with van der Waals surface area (Å²) in [4.78, 5) is 10.8. The number of rotatable bonds is 6. The minimum absolute atomic E-state index is 0.148. The fourth-order valence-electron chi connectivity index (χ4n) is 5.09. The summed E-state index contributed by atoms with van der Waals surface area (Å²) in [6, 6.07) is 16.1. The van der Waals surface area contributed by atoms with Gasteiger partial charge in [-0.15, -0.1) is 0 Å². The van der Waals surface area contributed by atoms with Crippen molar-refractivity contribution >= 4 is 6.29 Å². The van der Waals surface area contributed by atoms with Crippen molar-refractivity contribution < 1.29 is 29.2 Å². The van der Waals surface area contributed by atoms with Crippen LogP contribution in [0.1, 0.15) is 53.0 Å². The average Bonchev–Trinajstić information content (AvgIpc) is 3.60. The third-order valence-corrected chi connectivity index (χ3v) is 7.04. The number of benzene rings is 3. The first kappa shape index (κ1) is 26.7. The maximum Gasteiger partial charge on any atom is 0.126 e. The van der Waals surface area contributed by atoms with Crippen LogP contribution in [0.5, 0.6) is 17.2 Å². The van der Waals surface area contributed by atoms with Gasteiger partial charge in [-0.25, -0.2) is 0 Å². The Kier molecular flexibility index (Phi) is 9.20. The van der Waals surface area contributed by atoms with Gasteiger partial charge in [-0.05, 0) is 84.2 Å². The SMILES string of the molecule is C1CCOC1.CO.Cc1cc(O)c2c(c1-c1cccc(COc3ccc4c(c3)OCC4CC=O)c1)CC2. The van der Waals surface area contributed by atoms with Crippen molar-refractivity contribution in [3.05, 3.63) is 76.3 Å². The Labute approximate surface area is 218 Å². The first-order valence-corrected chi connectivity index (χ1v) is 12.9. The Bertz CT molecular complexity index is 1210. The van der Waals surface area contributed by atoms with Crippen molar-refractivity contribution in [2.75, 3.05) is 26.9 Å². The van der Waals surface area contributed by atoms with Crippen molar-refractivity contribution in [1.82, 2.24) is 0 Å². The van der Waals surface area contributed by atoms with Crippen LogP contribution in [0.3, 0.4) is 0 Å². The molecule has 0 aromatic heterocycles. The number of fused-ring (bicyclic) bond motifs is 2. The number of aldehydes is 1. The van der Waals surface area contributed by atoms with Crippen LogP contribution in [0, 0.1) is 6.92 Å². The molecule has 6 nitrogen and oxygen atoms in total. The number of carbonyl (C=O) groups is 1. The van der Waals surface area contributed by atoms with Crippen molar-refractivity contribution in [2.45, 2.75) is 51.6 Å². The van der Waals surface area contributed by atoms with Crippen LogP contribution in [-0.4, -0.2) is 43.4 Å². The Morgan fingerprint density at radius 3 is 2.49 bits per heavy atom. The molecule has 0 saturated carbocycles. The molecule has 6 heteroatoms. The van der Waals surface area contributed by atoms with Crippen molar-refractivity contribution in [3.63, 3.8) is 0 Å². The first-order chi connectivity index (χ1) is 18.1. The van der Waals surface area contributed by atoms with E-state index in [0.717, 1.165) is 73.2 Å². The summed E-state index contributed by atoms with van der Waals surface area (Å²) in [5, 5.41) is 17.1. The molecule has 3 aromatic rings. The zero-order valence-corrected chi connectivity index (χ0v) is 21.7. The van der Waals surface area contributed by atoms with Gasteiger partial charge in [0.1, 0.15) is 30.1 Å². The third-order valence-electron chi connectivity index (χ3n) is 7.04. The second-order valence-corrected chi connectivity index (χ2v) is 9.46. The molecule has 0 amide bonds. The number of carbonyl (C=O) groups excluding carboxylic acids is 1. The van der Waals surface area contributed by atoms with Gasteiger partial charge in [-0.1, -0.05) is 24.3 Å². The average molecular weight is 505 g/mol. The van der Waals surface area contributed by atoms with E-state index in [4.69, 9.17) is 19.3 Å². The molecule has 37 heavy (non-hydrogen) atoms. The van der Waals surface area contributed by atoms with Gasteiger partial charge in [0.25, 0.3) is 0 Å². The van der Waals surface area contributed by atoms with Crippen molar-refractivity contribution in [3.8, 4) is 28.4 Å². The summed E-state index contributed by atoms with van der Waals surface area (Å²) in [7, 11) is 1.00. The highest BCUT2D eigenvalue weighted by molar-refractivity contribution is 5.76. The van der Waals surface area contributed by atoms with Crippen LogP contribution in [0.2, 0.25) is 0 Å². The van der Waals surface area contributed by atoms with Gasteiger partial charge in [0, 0.05) is 44.3 Å². The van der Waals surface area contributed by atoms with E-state index in [2.05, 4.69) is 31.2 Å². The summed E-state index contributed by atoms with van der Waals surface area (Å²) < 4.78 is 16.7. The molecule has 196 valence electrons. The molecule has 1 saturated heterocycles. The predicted molar refractivity (Wildman–Crippen MR) is 144 cm³/mol. The van der Waals surface area contributed by atoms with E-state index in [9.17, 15) is 9.90 Å². The highest BCUT2D eigenvalue weighted by Crippen LogP contribution is 2.42. The van der Waals surface area contributed by atoms with Crippen LogP contribution in [0.15, 0.2) is 48.5 Å². The lowest BCUT2D eigenvalue weighted by molar-refractivity contribution is -0.108. The maximum atomic E-state index is 10.8. The molecule has 0 bridgehead atoms. The van der Waals surface area contributed by atoms with E-state index in [0.29, 0.717) is 25.4 Å². The fraction of sp³-hybridized carbons (Fsp3) is 0.387. The number of hydrogen-bond acceptors (Lipinski definition) is 6. The smallest absolute Gasteiger partial charge is 0.126 e. The molecular formula is C31H36O6. The predicted octanol–water partition coefficient (Wildman–Crippen LogP) is 5.52. The minimum Gasteiger partial charge on any atom is -0.508 e. The third kappa shape index (κ3) is 6.14. The monoisotopic (exact) mass is 504 g/mol. The summed E-state index contributed by atoms with van der Waals surface area (Å²) >= 11 is 0. The van der Waals surface area contributed by atoms with Gasteiger partial charge >= 0.3 is 0 Å². The number of aryl methyl sites for hydroxylation is 1. The Balaban J connectivity index is 0.000000403. The standard InChI is InChI=1S/C26H24O4.C4H8O.CH4O/c1-16-11-24(28)22-7-8-23(22)26(16)18-4-2-3-17(12-18)14-29-20-5-6-21-19(9-10-27)15-30-25(21)13-20;1-2-4-5-3-1;1-2/h2-6,10-13,19,28H,7-9,14-15H2,1H3;1-4H2;2H,1H3. The van der Waals surface area contributed by atoms with E-state index >= 15 is 0 Å². The lowest BCUT2D eigenvalue weighted by atomic mass is 9.79. The van der Waals surface area contributed by atoms with Gasteiger partial charge in [-0.3, -0.25) is 0 Å². The summed E-state index contributed by atoms with van der Waals surface area (Å²) in [5.41, 5.74) is 8.03. The molecule has 1 fully saturated rings. The van der Waals surface area contributed by atoms with E-state index in [-0.39, 0.29) is 5.92 Å². The van der Waals surface area contributed by atoms with E-state index < -0.39 is 0 Å². The first-order valence-electron chi connectivity index (χ1n) is 12.9. The molecule has 6 rings (SSSR count). The topological polar surface area (TPSA) is 85.2 Å². The number of ether oxygens (including phenoxy) is 3. The summed E-state index contributed by atoms with van der Waals surface area (Å²) in [6.45, 7) is 5.07. The minimum atomic E-state index is 0.148. The van der Waals surface area contributed by atoms with Crippen LogP contribution >= 0.6 is 0 Å². The number of phenolic OH excluding ortho intramolecular Hbond substituents is 1. The van der Waals surface area contributed by atoms with Crippen molar-refractivity contribution in [2.24, 2.45) is 0 Å². The molecule has 3 aliphatic rings. The molecule has 2 heterocycles. The number of aliphatic hydroxyl groups is 1. The van der Waals surface area contributed by atoms with Gasteiger partial charge in [0.15, 0.2) is 0 Å². The zero-order chi connectivity index (χ0) is 26.2. The molecule has 1 atom stereocenters. The van der Waals surface area contributed by atoms with E-state index in [1.807, 2.05) is 24.3 Å². The molecule has 1 unspecified atom stereocenters. The largest absolute Gasteiger partial charge is 0.508 e. The van der Waals surface area contributed by atoms with Crippen LogP contribution in [0.25, 0.3) is 11.1 Å². The van der Waals surface area contributed by atoms with Gasteiger partial charge < -0.3 is 29.2 Å². The lowest BCUT2D eigenvalue weighted by Gasteiger charge is -2.26.